The maximum Gasteiger partial charge on any atom is 0.254 e. The van der Waals surface area contributed by atoms with Crippen LogP contribution >= 0.6 is 0 Å². The normalized spacial score (nSPS) is 21.8. The van der Waals surface area contributed by atoms with Crippen molar-refractivity contribution in [2.75, 3.05) is 13.2 Å². The molecule has 3 rings (SSSR count). The molecule has 7 heteroatoms. The Labute approximate surface area is 128 Å². The molecule has 0 spiro atoms. The molecule has 7 nitrogen and oxygen atoms in total. The van der Waals surface area contributed by atoms with Crippen molar-refractivity contribution in [1.82, 2.24) is 24.6 Å². The standard InChI is InChI=1S/C15H19N5O2/c1-11-2-3-12(8-21)7-19(11)15(22)13-4-5-17-14(6-13)20-10-16-9-18-20/h4-6,9-12,21H,2-3,7-8H2,1H3. The van der Waals surface area contributed by atoms with Gasteiger partial charge in [0.15, 0.2) is 5.82 Å². The highest BCUT2D eigenvalue weighted by molar-refractivity contribution is 5.94. The van der Waals surface area contributed by atoms with Gasteiger partial charge >= 0.3 is 0 Å². The predicted octanol–water partition coefficient (Wildman–Crippen LogP) is 0.895. The number of amides is 1. The van der Waals surface area contributed by atoms with Crippen molar-refractivity contribution in [2.24, 2.45) is 5.92 Å². The molecule has 0 radical (unpaired) electrons. The van der Waals surface area contributed by atoms with Crippen LogP contribution in [0.1, 0.15) is 30.1 Å². The Bertz CT molecular complexity index is 643. The number of aliphatic hydroxyl groups excluding tert-OH is 1. The molecule has 2 unspecified atom stereocenters. The van der Waals surface area contributed by atoms with Crippen LogP contribution in [0.2, 0.25) is 0 Å². The number of likely N-dealkylation sites (tertiary alicyclic amines) is 1. The summed E-state index contributed by atoms with van der Waals surface area (Å²) in [5.41, 5.74) is 0.575. The molecule has 2 atom stereocenters. The molecule has 0 aromatic carbocycles. The fourth-order valence-electron chi connectivity index (χ4n) is 2.78. The monoisotopic (exact) mass is 301 g/mol. The number of aromatic nitrogens is 4. The Kier molecular flexibility index (Phi) is 4.15. The smallest absolute Gasteiger partial charge is 0.254 e. The van der Waals surface area contributed by atoms with Crippen molar-refractivity contribution in [3.05, 3.63) is 36.5 Å². The number of aliphatic hydroxyl groups is 1. The van der Waals surface area contributed by atoms with Gasteiger partial charge in [0.05, 0.1) is 0 Å². The zero-order chi connectivity index (χ0) is 15.5. The number of hydrogen-bond donors (Lipinski definition) is 1. The van der Waals surface area contributed by atoms with Gasteiger partial charge in [-0.3, -0.25) is 4.79 Å². The van der Waals surface area contributed by atoms with E-state index in [1.54, 1.807) is 24.7 Å². The zero-order valence-electron chi connectivity index (χ0n) is 12.5. The van der Waals surface area contributed by atoms with Crippen molar-refractivity contribution in [2.45, 2.75) is 25.8 Å². The molecule has 3 heterocycles. The van der Waals surface area contributed by atoms with Gasteiger partial charge in [-0.25, -0.2) is 14.6 Å². The van der Waals surface area contributed by atoms with Gasteiger partial charge in [-0.05, 0) is 37.8 Å². The molecule has 2 aromatic heterocycles. The molecule has 1 saturated heterocycles. The van der Waals surface area contributed by atoms with E-state index in [0.717, 1.165) is 12.8 Å². The summed E-state index contributed by atoms with van der Waals surface area (Å²) >= 11 is 0. The number of carbonyl (C=O) groups is 1. The summed E-state index contributed by atoms with van der Waals surface area (Å²) in [6, 6.07) is 3.60. The molecule has 1 N–H and O–H groups in total. The average molecular weight is 301 g/mol. The largest absolute Gasteiger partial charge is 0.396 e. The fourth-order valence-corrected chi connectivity index (χ4v) is 2.78. The molecule has 0 aliphatic carbocycles. The highest BCUT2D eigenvalue weighted by atomic mass is 16.3. The van der Waals surface area contributed by atoms with Crippen LogP contribution in [-0.2, 0) is 0 Å². The SMILES string of the molecule is CC1CCC(CO)CN1C(=O)c1ccnc(-n2cncn2)c1. The molecular weight excluding hydrogens is 282 g/mol. The van der Waals surface area contributed by atoms with Gasteiger partial charge in [0, 0.05) is 31.0 Å². The number of piperidine rings is 1. The molecule has 0 saturated carbocycles. The lowest BCUT2D eigenvalue weighted by Crippen LogP contribution is -2.46. The number of carbonyl (C=O) groups excluding carboxylic acids is 1. The summed E-state index contributed by atoms with van der Waals surface area (Å²) in [4.78, 5) is 22.7. The zero-order valence-corrected chi connectivity index (χ0v) is 12.5. The van der Waals surface area contributed by atoms with Crippen molar-refractivity contribution >= 4 is 5.91 Å². The predicted molar refractivity (Wildman–Crippen MR) is 79.5 cm³/mol. The Balaban J connectivity index is 1.84. The van der Waals surface area contributed by atoms with E-state index >= 15 is 0 Å². The highest BCUT2D eigenvalue weighted by Crippen LogP contribution is 2.23. The minimum Gasteiger partial charge on any atom is -0.396 e. The minimum atomic E-state index is -0.0329. The Morgan fingerprint density at radius 1 is 1.45 bits per heavy atom. The van der Waals surface area contributed by atoms with E-state index in [1.807, 2.05) is 11.8 Å². The van der Waals surface area contributed by atoms with E-state index in [9.17, 15) is 9.90 Å². The van der Waals surface area contributed by atoms with Crippen LogP contribution in [0.15, 0.2) is 31.0 Å². The molecule has 1 amide bonds. The van der Waals surface area contributed by atoms with Crippen molar-refractivity contribution in [3.63, 3.8) is 0 Å². The Hall–Kier alpha value is -2.28. The van der Waals surface area contributed by atoms with Gasteiger partial charge in [0.2, 0.25) is 0 Å². The maximum atomic E-state index is 12.8. The molecule has 116 valence electrons. The van der Waals surface area contributed by atoms with Gasteiger partial charge in [-0.1, -0.05) is 0 Å². The summed E-state index contributed by atoms with van der Waals surface area (Å²) in [6.45, 7) is 2.76. The van der Waals surface area contributed by atoms with Crippen LogP contribution in [0, 0.1) is 5.92 Å². The molecular formula is C15H19N5O2. The van der Waals surface area contributed by atoms with Crippen LogP contribution < -0.4 is 0 Å². The molecule has 1 aliphatic heterocycles. The second kappa shape index (κ2) is 6.23. The topological polar surface area (TPSA) is 84.1 Å². The summed E-state index contributed by atoms with van der Waals surface area (Å²) in [5, 5.41) is 13.4. The lowest BCUT2D eigenvalue weighted by atomic mass is 9.93. The molecule has 2 aromatic rings. The molecule has 1 aliphatic rings. The third-order valence-corrected chi connectivity index (χ3v) is 4.14. The number of hydrogen-bond acceptors (Lipinski definition) is 5. The van der Waals surface area contributed by atoms with Crippen LogP contribution in [0.25, 0.3) is 5.82 Å². The van der Waals surface area contributed by atoms with Crippen molar-refractivity contribution in [1.29, 1.82) is 0 Å². The van der Waals surface area contributed by atoms with Crippen molar-refractivity contribution in [3.8, 4) is 5.82 Å². The first kappa shape index (κ1) is 14.6. The van der Waals surface area contributed by atoms with Crippen LogP contribution in [0.3, 0.4) is 0 Å². The van der Waals surface area contributed by atoms with Gasteiger partial charge in [-0.2, -0.15) is 5.10 Å². The van der Waals surface area contributed by atoms with Gasteiger partial charge in [-0.15, -0.1) is 0 Å². The maximum absolute atomic E-state index is 12.8. The quantitative estimate of drug-likeness (QED) is 0.910. The van der Waals surface area contributed by atoms with Crippen LogP contribution in [0.4, 0.5) is 0 Å². The summed E-state index contributed by atoms with van der Waals surface area (Å²) in [7, 11) is 0. The van der Waals surface area contributed by atoms with Gasteiger partial charge < -0.3 is 10.0 Å². The second-order valence-electron chi connectivity index (χ2n) is 5.68. The van der Waals surface area contributed by atoms with Crippen LogP contribution in [-0.4, -0.2) is 54.9 Å². The highest BCUT2D eigenvalue weighted by Gasteiger charge is 2.29. The van der Waals surface area contributed by atoms with Gasteiger partial charge in [0.1, 0.15) is 12.7 Å². The summed E-state index contributed by atoms with van der Waals surface area (Å²) < 4.78 is 1.52. The van der Waals surface area contributed by atoms with Crippen molar-refractivity contribution < 1.29 is 9.90 Å². The van der Waals surface area contributed by atoms with E-state index in [-0.39, 0.29) is 24.5 Å². The van der Waals surface area contributed by atoms with E-state index in [1.165, 1.54) is 11.0 Å². The number of nitrogens with zero attached hydrogens (tertiary/aromatic N) is 5. The Morgan fingerprint density at radius 2 is 2.32 bits per heavy atom. The van der Waals surface area contributed by atoms with E-state index < -0.39 is 0 Å². The van der Waals surface area contributed by atoms with E-state index in [2.05, 4.69) is 15.1 Å². The lowest BCUT2D eigenvalue weighted by molar-refractivity contribution is 0.0489. The number of rotatable bonds is 3. The molecule has 22 heavy (non-hydrogen) atoms. The molecule has 0 bridgehead atoms. The lowest BCUT2D eigenvalue weighted by Gasteiger charge is -2.37. The third-order valence-electron chi connectivity index (χ3n) is 4.14. The van der Waals surface area contributed by atoms with E-state index in [4.69, 9.17) is 0 Å². The average Bonchev–Trinajstić information content (AvgIpc) is 3.09. The first-order valence-electron chi connectivity index (χ1n) is 7.42. The Morgan fingerprint density at radius 3 is 3.05 bits per heavy atom. The summed E-state index contributed by atoms with van der Waals surface area (Å²) in [5.74, 6) is 0.693. The third kappa shape index (κ3) is 2.85. The van der Waals surface area contributed by atoms with Crippen LogP contribution in [0.5, 0.6) is 0 Å². The molecule has 1 fully saturated rings. The van der Waals surface area contributed by atoms with Gasteiger partial charge in [0.25, 0.3) is 5.91 Å². The summed E-state index contributed by atoms with van der Waals surface area (Å²) in [6.07, 6.45) is 6.44. The minimum absolute atomic E-state index is 0.0329. The number of pyridine rings is 1. The first-order chi connectivity index (χ1) is 10.7. The van der Waals surface area contributed by atoms with E-state index in [0.29, 0.717) is 17.9 Å². The second-order valence-corrected chi connectivity index (χ2v) is 5.68. The first-order valence-corrected chi connectivity index (χ1v) is 7.42. The fraction of sp³-hybridized carbons (Fsp3) is 0.467.